The highest BCUT2D eigenvalue weighted by Gasteiger charge is 2.37. The van der Waals surface area contributed by atoms with E-state index in [2.05, 4.69) is 15.6 Å². The summed E-state index contributed by atoms with van der Waals surface area (Å²) in [7, 11) is 0. The molecule has 7 heteroatoms. The normalized spacial score (nSPS) is 14.6. The fourth-order valence-corrected chi connectivity index (χ4v) is 3.21. The van der Waals surface area contributed by atoms with Crippen LogP contribution in [0.4, 0.5) is 14.9 Å². The maximum atomic E-state index is 13.6. The number of urea groups is 1. The van der Waals surface area contributed by atoms with Crippen LogP contribution in [0.5, 0.6) is 0 Å². The standard InChI is InChI=1S/C20H17FN4O2/c1-11-16-7-14(21)4-5-17(16)27-19(11)18(13-2-3-13)25-20(26)24-15-6-12(8-22)9-23-10-15/h4-7,9-10,13,18H,2-3H2,1H3,(H2,24,25,26)/t18-/m0/s1. The summed E-state index contributed by atoms with van der Waals surface area (Å²) in [6.07, 6.45) is 4.87. The number of aromatic nitrogens is 1. The molecule has 0 unspecified atom stereocenters. The topological polar surface area (TPSA) is 91.0 Å². The number of pyridine rings is 1. The van der Waals surface area contributed by atoms with Crippen molar-refractivity contribution in [2.24, 2.45) is 5.92 Å². The van der Waals surface area contributed by atoms with Crippen molar-refractivity contribution in [3.8, 4) is 6.07 Å². The van der Waals surface area contributed by atoms with Crippen molar-refractivity contribution in [1.82, 2.24) is 10.3 Å². The maximum Gasteiger partial charge on any atom is 0.319 e. The van der Waals surface area contributed by atoms with Crippen LogP contribution in [0.3, 0.4) is 0 Å². The van der Waals surface area contributed by atoms with Gasteiger partial charge in [-0.3, -0.25) is 4.98 Å². The minimum Gasteiger partial charge on any atom is -0.459 e. The molecule has 0 aliphatic heterocycles. The number of aryl methyl sites for hydroxylation is 1. The van der Waals surface area contributed by atoms with E-state index in [9.17, 15) is 9.18 Å². The van der Waals surface area contributed by atoms with Gasteiger partial charge in [0.2, 0.25) is 0 Å². The molecular weight excluding hydrogens is 347 g/mol. The number of hydrogen-bond acceptors (Lipinski definition) is 4. The lowest BCUT2D eigenvalue weighted by atomic mass is 10.0. The van der Waals surface area contributed by atoms with E-state index in [0.29, 0.717) is 28.0 Å². The van der Waals surface area contributed by atoms with Crippen molar-refractivity contribution in [3.05, 3.63) is 59.4 Å². The van der Waals surface area contributed by atoms with Crippen LogP contribution >= 0.6 is 0 Å². The van der Waals surface area contributed by atoms with Crippen molar-refractivity contribution >= 4 is 22.7 Å². The molecule has 0 bridgehead atoms. The third kappa shape index (κ3) is 3.47. The number of nitrogens with one attached hydrogen (secondary N) is 2. The van der Waals surface area contributed by atoms with Crippen molar-refractivity contribution in [3.63, 3.8) is 0 Å². The Bertz CT molecular complexity index is 1070. The number of halogens is 1. The zero-order chi connectivity index (χ0) is 19.0. The van der Waals surface area contributed by atoms with Gasteiger partial charge in [-0.05, 0) is 49.9 Å². The van der Waals surface area contributed by atoms with Crippen LogP contribution in [0.1, 0.15) is 35.8 Å². The molecule has 1 aromatic carbocycles. The second-order valence-electron chi connectivity index (χ2n) is 6.72. The molecule has 2 N–H and O–H groups in total. The number of nitrogens with zero attached hydrogens (tertiary/aromatic N) is 2. The Hall–Kier alpha value is -3.40. The van der Waals surface area contributed by atoms with E-state index in [1.54, 1.807) is 12.1 Å². The molecule has 2 aromatic heterocycles. The van der Waals surface area contributed by atoms with Crippen molar-refractivity contribution in [1.29, 1.82) is 5.26 Å². The number of rotatable bonds is 4. The van der Waals surface area contributed by atoms with E-state index in [4.69, 9.17) is 9.68 Å². The summed E-state index contributed by atoms with van der Waals surface area (Å²) in [5, 5.41) is 15.3. The fraction of sp³-hybridized carbons (Fsp3) is 0.250. The van der Waals surface area contributed by atoms with Gasteiger partial charge in [0.25, 0.3) is 0 Å². The van der Waals surface area contributed by atoms with Crippen LogP contribution < -0.4 is 10.6 Å². The van der Waals surface area contributed by atoms with Crippen LogP contribution in [0.2, 0.25) is 0 Å². The van der Waals surface area contributed by atoms with Crippen LogP contribution in [0.25, 0.3) is 11.0 Å². The number of nitriles is 1. The molecule has 27 heavy (non-hydrogen) atoms. The van der Waals surface area contributed by atoms with Gasteiger partial charge in [-0.2, -0.15) is 5.26 Å². The highest BCUT2D eigenvalue weighted by Crippen LogP contribution is 2.44. The molecule has 3 aromatic rings. The number of anilines is 1. The zero-order valence-corrected chi connectivity index (χ0v) is 14.6. The minimum atomic E-state index is -0.408. The summed E-state index contributed by atoms with van der Waals surface area (Å²) in [4.78, 5) is 16.4. The number of fused-ring (bicyclic) bond motifs is 1. The van der Waals surface area contributed by atoms with Gasteiger partial charge >= 0.3 is 6.03 Å². The summed E-state index contributed by atoms with van der Waals surface area (Å²) < 4.78 is 19.5. The summed E-state index contributed by atoms with van der Waals surface area (Å²) in [5.41, 5.74) is 2.23. The minimum absolute atomic E-state index is 0.281. The van der Waals surface area contributed by atoms with Crippen LogP contribution in [0, 0.1) is 30.0 Å². The first-order chi connectivity index (χ1) is 13.0. The van der Waals surface area contributed by atoms with Gasteiger partial charge in [0, 0.05) is 17.1 Å². The molecule has 1 fully saturated rings. The molecule has 136 valence electrons. The molecule has 1 aliphatic carbocycles. The summed E-state index contributed by atoms with van der Waals surface area (Å²) in [6, 6.07) is 7.23. The van der Waals surface area contributed by atoms with Crippen LogP contribution in [-0.4, -0.2) is 11.0 Å². The quantitative estimate of drug-likeness (QED) is 0.717. The average Bonchev–Trinajstić information content (AvgIpc) is 3.45. The largest absolute Gasteiger partial charge is 0.459 e. The summed E-state index contributed by atoms with van der Waals surface area (Å²) in [6.45, 7) is 1.87. The first kappa shape index (κ1) is 17.0. The van der Waals surface area contributed by atoms with Gasteiger partial charge < -0.3 is 15.1 Å². The van der Waals surface area contributed by atoms with Gasteiger partial charge in [-0.15, -0.1) is 0 Å². The van der Waals surface area contributed by atoms with Gasteiger partial charge in [0.15, 0.2) is 0 Å². The first-order valence-corrected chi connectivity index (χ1v) is 8.66. The Kier molecular flexibility index (Phi) is 4.24. The van der Waals surface area contributed by atoms with Gasteiger partial charge in [-0.1, -0.05) is 0 Å². The van der Waals surface area contributed by atoms with E-state index >= 15 is 0 Å². The number of carbonyl (C=O) groups excluding carboxylic acids is 1. The maximum absolute atomic E-state index is 13.6. The van der Waals surface area contributed by atoms with Gasteiger partial charge in [-0.25, -0.2) is 9.18 Å². The highest BCUT2D eigenvalue weighted by molar-refractivity contribution is 5.90. The molecule has 0 saturated heterocycles. The van der Waals surface area contributed by atoms with Crippen molar-refractivity contribution < 1.29 is 13.6 Å². The predicted molar refractivity (Wildman–Crippen MR) is 97.5 cm³/mol. The number of amides is 2. The lowest BCUT2D eigenvalue weighted by molar-refractivity contribution is 0.244. The van der Waals surface area contributed by atoms with E-state index in [1.807, 2.05) is 13.0 Å². The number of benzene rings is 1. The Morgan fingerprint density at radius 2 is 2.19 bits per heavy atom. The summed E-state index contributed by atoms with van der Waals surface area (Å²) in [5.74, 6) is 0.608. The van der Waals surface area contributed by atoms with Gasteiger partial charge in [0.05, 0.1) is 23.5 Å². The molecule has 2 amide bonds. The first-order valence-electron chi connectivity index (χ1n) is 8.66. The number of carbonyl (C=O) groups is 1. The van der Waals surface area contributed by atoms with Gasteiger partial charge in [0.1, 0.15) is 23.2 Å². The molecule has 1 saturated carbocycles. The van der Waals surface area contributed by atoms with Crippen molar-refractivity contribution in [2.75, 3.05) is 5.32 Å². The zero-order valence-electron chi connectivity index (χ0n) is 14.6. The molecule has 4 rings (SSSR count). The Morgan fingerprint density at radius 3 is 2.93 bits per heavy atom. The van der Waals surface area contributed by atoms with E-state index < -0.39 is 6.03 Å². The van der Waals surface area contributed by atoms with Crippen LogP contribution in [0.15, 0.2) is 41.1 Å². The average molecular weight is 364 g/mol. The molecule has 6 nitrogen and oxygen atoms in total. The Balaban J connectivity index is 1.58. The third-order valence-corrected chi connectivity index (χ3v) is 4.72. The lowest BCUT2D eigenvalue weighted by Crippen LogP contribution is -2.33. The second kappa shape index (κ2) is 6.72. The Labute approximate surface area is 155 Å². The molecule has 1 atom stereocenters. The second-order valence-corrected chi connectivity index (χ2v) is 6.72. The SMILES string of the molecule is Cc1c([C@@H](NC(=O)Nc2cncc(C#N)c2)C2CC2)oc2ccc(F)cc12. The van der Waals surface area contributed by atoms with Crippen molar-refractivity contribution in [2.45, 2.75) is 25.8 Å². The third-order valence-electron chi connectivity index (χ3n) is 4.72. The molecule has 1 aliphatic rings. The molecule has 0 radical (unpaired) electrons. The smallest absolute Gasteiger partial charge is 0.319 e. The van der Waals surface area contributed by atoms with Crippen LogP contribution in [-0.2, 0) is 0 Å². The molecule has 2 heterocycles. The Morgan fingerprint density at radius 1 is 1.37 bits per heavy atom. The van der Waals surface area contributed by atoms with E-state index in [-0.39, 0.29) is 17.8 Å². The number of hydrogen-bond donors (Lipinski definition) is 2. The fourth-order valence-electron chi connectivity index (χ4n) is 3.21. The van der Waals surface area contributed by atoms with E-state index in [1.165, 1.54) is 24.5 Å². The molecule has 0 spiro atoms. The monoisotopic (exact) mass is 364 g/mol. The highest BCUT2D eigenvalue weighted by atomic mass is 19.1. The summed E-state index contributed by atoms with van der Waals surface area (Å²) >= 11 is 0. The molecular formula is C20H17FN4O2. The van der Waals surface area contributed by atoms with E-state index in [0.717, 1.165) is 18.4 Å². The lowest BCUT2D eigenvalue weighted by Gasteiger charge is -2.17. The predicted octanol–water partition coefficient (Wildman–Crippen LogP) is 4.42. The number of furan rings is 1.